The van der Waals surface area contributed by atoms with Crippen molar-refractivity contribution in [1.29, 1.82) is 0 Å². The quantitative estimate of drug-likeness (QED) is 0.0907. The van der Waals surface area contributed by atoms with Gasteiger partial charge in [-0.25, -0.2) is 18.8 Å². The number of methoxy groups -OCH3 is 4. The third kappa shape index (κ3) is 14.0. The van der Waals surface area contributed by atoms with Gasteiger partial charge in [0.15, 0.2) is 34.0 Å². The maximum Gasteiger partial charge on any atom is 0.416 e. The van der Waals surface area contributed by atoms with Gasteiger partial charge in [-0.05, 0) is 195 Å². The Labute approximate surface area is 662 Å². The Kier molecular flexibility index (Phi) is 20.5. The van der Waals surface area contributed by atoms with Crippen molar-refractivity contribution in [3.63, 3.8) is 0 Å². The minimum atomic E-state index is -4.59. The molecule has 576 valence electrons. The first-order chi connectivity index (χ1) is 55.6. The smallest absolute Gasteiger partial charge is 0.416 e. The first kappa shape index (κ1) is 75.8. The summed E-state index contributed by atoms with van der Waals surface area (Å²) >= 11 is 2.56. The van der Waals surface area contributed by atoms with E-state index < -0.39 is 62.6 Å². The molecule has 0 spiro atoms. The van der Waals surface area contributed by atoms with Crippen LogP contribution < -0.4 is 52.5 Å². The van der Waals surface area contributed by atoms with Gasteiger partial charge < -0.3 is 47.5 Å². The van der Waals surface area contributed by atoms with E-state index in [0.717, 1.165) is 69.0 Å². The molecule has 0 saturated heterocycles. The normalized spacial score (nSPS) is 12.4. The molecule has 15 aromatic rings. The van der Waals surface area contributed by atoms with Crippen molar-refractivity contribution in [2.45, 2.75) is 74.1 Å². The summed E-state index contributed by atoms with van der Waals surface area (Å²) in [5.41, 5.74) is 6.48. The van der Waals surface area contributed by atoms with Crippen molar-refractivity contribution in [3.05, 3.63) is 325 Å². The van der Waals surface area contributed by atoms with Gasteiger partial charge in [0, 0.05) is 65.1 Å². The van der Waals surface area contributed by atoms with Gasteiger partial charge in [0.05, 0.1) is 51.1 Å². The van der Waals surface area contributed by atoms with Gasteiger partial charge in [0.1, 0.15) is 59.7 Å². The highest BCUT2D eigenvalue weighted by atomic mass is 32.2. The molecule has 0 bridgehead atoms. The number of aryl methyl sites for hydroxylation is 6. The van der Waals surface area contributed by atoms with Crippen LogP contribution in [0.25, 0.3) is 83.7 Å². The van der Waals surface area contributed by atoms with Gasteiger partial charge in [-0.15, -0.1) is 0 Å². The van der Waals surface area contributed by atoms with Crippen molar-refractivity contribution < 1.29 is 65.1 Å². The van der Waals surface area contributed by atoms with Crippen molar-refractivity contribution >= 4 is 68.2 Å². The van der Waals surface area contributed by atoms with Gasteiger partial charge in [-0.2, -0.15) is 13.2 Å². The monoisotopic (exact) mass is 1600 g/mol. The molecule has 0 radical (unpaired) electrons. The van der Waals surface area contributed by atoms with Crippen LogP contribution in [0.4, 0.5) is 17.6 Å². The van der Waals surface area contributed by atoms with Crippen LogP contribution in [0.15, 0.2) is 290 Å². The SMILES string of the molecule is COc1ccc(-n2c3c(c4oc(=O)c(Sc5ccc(F)cc5)c(O)c4c2=O)CCc2ccccc2-3)cc1.COc1ccc(-n2c3c(c4oc(=O)c(Sc5cccc(C(F)(F)F)c5)c(O)c4c2=O)CCc2ccccc2-3)cc1.COc1ccc(Sc2c(O)c3c(=O)n(-c4ccc(OC)cc4)c4c(c3oc2=O)CCc2ccccc2-4)cc1. The van der Waals surface area contributed by atoms with Crippen LogP contribution in [0.5, 0.6) is 40.2 Å². The third-order valence-electron chi connectivity index (χ3n) is 20.2. The first-order valence-electron chi connectivity index (χ1n) is 35.8. The van der Waals surface area contributed by atoms with E-state index in [4.69, 9.17) is 32.2 Å². The first-order valence-corrected chi connectivity index (χ1v) is 38.3. The molecular formula is C89H63F4N3O16S3. The number of nitrogens with zero attached hydrogens (tertiary/aromatic N) is 3. The van der Waals surface area contributed by atoms with Crippen molar-refractivity contribution in [2.24, 2.45) is 0 Å². The summed E-state index contributed by atoms with van der Waals surface area (Å²) < 4.78 is 96.0. The van der Waals surface area contributed by atoms with E-state index in [9.17, 15) is 61.6 Å². The molecule has 6 aromatic heterocycles. The number of fused-ring (bicyclic) bond motifs is 15. The fourth-order valence-electron chi connectivity index (χ4n) is 14.8. The van der Waals surface area contributed by atoms with Crippen LogP contribution in [0.3, 0.4) is 0 Å². The molecule has 0 amide bonds. The molecule has 0 aliphatic heterocycles. The zero-order valence-electron chi connectivity index (χ0n) is 61.3. The lowest BCUT2D eigenvalue weighted by molar-refractivity contribution is -0.137. The van der Waals surface area contributed by atoms with Crippen LogP contribution in [-0.2, 0) is 44.7 Å². The zero-order valence-corrected chi connectivity index (χ0v) is 63.7. The maximum atomic E-state index is 14.2. The fourth-order valence-corrected chi connectivity index (χ4v) is 17.3. The summed E-state index contributed by atoms with van der Waals surface area (Å²) in [6, 6.07) is 61.2. The molecule has 26 heteroatoms. The summed E-state index contributed by atoms with van der Waals surface area (Å²) in [7, 11) is 6.24. The second-order valence-electron chi connectivity index (χ2n) is 26.7. The van der Waals surface area contributed by atoms with E-state index in [2.05, 4.69) is 0 Å². The number of pyridine rings is 3. The van der Waals surface area contributed by atoms with E-state index >= 15 is 0 Å². The fraction of sp³-hybridized carbons (Fsp3) is 0.124. The Morgan fingerprint density at radius 2 is 0.652 bits per heavy atom. The minimum absolute atomic E-state index is 0.0189. The lowest BCUT2D eigenvalue weighted by Crippen LogP contribution is -2.25. The van der Waals surface area contributed by atoms with E-state index in [1.54, 1.807) is 128 Å². The summed E-state index contributed by atoms with van der Waals surface area (Å²) in [6.45, 7) is 0. The lowest BCUT2D eigenvalue weighted by Gasteiger charge is -2.25. The Bertz CT molecular complexity index is 6800. The Balaban J connectivity index is 0.000000130. The van der Waals surface area contributed by atoms with E-state index in [0.29, 0.717) is 134 Å². The average molecular weight is 1600 g/mol. The summed E-state index contributed by atoms with van der Waals surface area (Å²) in [5.74, 6) is 0.651. The number of alkyl halides is 3. The van der Waals surface area contributed by atoms with Crippen molar-refractivity contribution in [2.75, 3.05) is 28.4 Å². The molecule has 0 atom stereocenters. The lowest BCUT2D eigenvalue weighted by atomic mass is 9.87. The number of hydrogen-bond donors (Lipinski definition) is 3. The molecule has 0 fully saturated rings. The molecule has 6 heterocycles. The number of halogens is 4. The van der Waals surface area contributed by atoms with Gasteiger partial charge >= 0.3 is 23.1 Å². The molecule has 3 aliphatic rings. The molecule has 19 nitrogen and oxygen atoms in total. The largest absolute Gasteiger partial charge is 0.505 e. The number of rotatable bonds is 13. The molecule has 18 rings (SSSR count). The highest BCUT2D eigenvalue weighted by Gasteiger charge is 2.35. The van der Waals surface area contributed by atoms with Crippen LogP contribution in [0, 0.1) is 5.82 Å². The van der Waals surface area contributed by atoms with Crippen LogP contribution >= 0.6 is 35.3 Å². The topological polar surface area (TPSA) is 254 Å². The minimum Gasteiger partial charge on any atom is -0.505 e. The molecule has 115 heavy (non-hydrogen) atoms. The number of ether oxygens (including phenoxy) is 4. The predicted molar refractivity (Wildman–Crippen MR) is 431 cm³/mol. The average Bonchev–Trinajstić information content (AvgIpc) is 0.730. The number of aromatic hydroxyl groups is 3. The van der Waals surface area contributed by atoms with Gasteiger partial charge in [-0.3, -0.25) is 28.1 Å². The second-order valence-corrected chi connectivity index (χ2v) is 30.0. The van der Waals surface area contributed by atoms with Crippen molar-refractivity contribution in [1.82, 2.24) is 13.7 Å². The number of benzene rings is 9. The standard InChI is InChI=1S/C30H20F3NO5S.C30H23NO6S.C29H20FNO5S/c1-38-19-12-10-18(11-13-19)34-24-21-8-3-2-5-16(21)9-14-22(24)26-23(28(34)36)25(35)27(29(37)39-26)40-20-7-4-6-17(15-20)30(31,32)33;1-35-19-10-8-18(9-11-19)31-25-22-6-4-3-5-17(22)7-16-23(25)27-24(29(31)33)26(32)28(30(34)37-27)38-21-14-12-20(36-2)13-15-21;1-35-19-11-9-18(10-12-19)31-24-21-5-3-2-4-16(21)6-15-22(24)26-23(28(31)33)25(32)27(29(34)36-26)37-20-13-7-17(30)8-14-20/h2-8,10-13,15,35H,9,14H2,1H3;3-6,8-15,32H,7,16H2,1-2H3;2-5,7-14,32H,6,15H2,1H3. The number of hydrogen-bond acceptors (Lipinski definition) is 19. The Morgan fingerprint density at radius 3 is 0.965 bits per heavy atom. The number of aromatic nitrogens is 3. The third-order valence-corrected chi connectivity index (χ3v) is 23.4. The molecule has 0 saturated carbocycles. The Hall–Kier alpha value is -13.2. The zero-order chi connectivity index (χ0) is 80.3. The van der Waals surface area contributed by atoms with Crippen molar-refractivity contribution in [3.8, 4) is 91.1 Å². The molecule has 9 aromatic carbocycles. The van der Waals surface area contributed by atoms with Gasteiger partial charge in [-0.1, -0.05) is 114 Å². The van der Waals surface area contributed by atoms with E-state index in [1.807, 2.05) is 72.8 Å². The Morgan fingerprint density at radius 1 is 0.357 bits per heavy atom. The predicted octanol–water partition coefficient (Wildman–Crippen LogP) is 17.9. The molecule has 3 aliphatic carbocycles. The second kappa shape index (κ2) is 31.1. The highest BCUT2D eigenvalue weighted by Crippen LogP contribution is 2.47. The summed E-state index contributed by atoms with van der Waals surface area (Å²) in [6.07, 6.45) is -1.07. The molecule has 3 N–H and O–H groups in total. The molecular weight excluding hydrogens is 1540 g/mol. The van der Waals surface area contributed by atoms with E-state index in [1.165, 1.54) is 48.1 Å². The van der Waals surface area contributed by atoms with Crippen LogP contribution in [0.1, 0.15) is 38.9 Å². The van der Waals surface area contributed by atoms with Crippen LogP contribution in [0.2, 0.25) is 0 Å². The highest BCUT2D eigenvalue weighted by molar-refractivity contribution is 8.00. The van der Waals surface area contributed by atoms with E-state index in [-0.39, 0.29) is 58.2 Å². The van der Waals surface area contributed by atoms with Gasteiger partial charge in [0.2, 0.25) is 0 Å². The maximum absolute atomic E-state index is 14.2. The summed E-state index contributed by atoms with van der Waals surface area (Å²) in [4.78, 5) is 82.4. The van der Waals surface area contributed by atoms with Crippen LogP contribution in [-0.4, -0.2) is 57.5 Å². The molecule has 0 unspecified atom stereocenters. The summed E-state index contributed by atoms with van der Waals surface area (Å²) in [5, 5.41) is 33.7. The van der Waals surface area contributed by atoms with Gasteiger partial charge in [0.25, 0.3) is 16.7 Å².